The summed E-state index contributed by atoms with van der Waals surface area (Å²) in [5.74, 6) is -0.328. The monoisotopic (exact) mass is 408 g/mol. The number of carbonyl (C=O) groups excluding carboxylic acids is 2. The lowest BCUT2D eigenvalue weighted by Gasteiger charge is -2.17. The highest BCUT2D eigenvalue weighted by Crippen LogP contribution is 2.29. The molecule has 0 saturated carbocycles. The normalized spacial score (nSPS) is 12.5. The molecule has 152 valence electrons. The fourth-order valence-corrected chi connectivity index (χ4v) is 3.79. The zero-order chi connectivity index (χ0) is 21.2. The van der Waals surface area contributed by atoms with Crippen LogP contribution in [0.1, 0.15) is 26.4 Å². The fourth-order valence-electron chi connectivity index (χ4n) is 3.79. The predicted octanol–water partition coefficient (Wildman–Crippen LogP) is 4.53. The minimum atomic E-state index is -0.290. The van der Waals surface area contributed by atoms with Crippen LogP contribution in [0, 0.1) is 0 Å². The molecule has 1 aromatic heterocycles. The third kappa shape index (κ3) is 3.71. The number of anilines is 2. The first-order valence-electron chi connectivity index (χ1n) is 10.1. The number of hydrogen-bond acceptors (Lipinski definition) is 3. The maximum atomic E-state index is 12.9. The molecule has 0 fully saturated rings. The van der Waals surface area contributed by atoms with E-state index in [9.17, 15) is 9.59 Å². The van der Waals surface area contributed by atoms with Gasteiger partial charge in [-0.05, 0) is 48.4 Å². The van der Waals surface area contributed by atoms with E-state index in [-0.39, 0.29) is 11.8 Å². The SMILES string of the molecule is O=C(Nc1ccc(C(=O)N2CCc3ccccc32)cc1)c1cc(-c2ccccc2)n[nH]1. The van der Waals surface area contributed by atoms with E-state index in [1.807, 2.05) is 48.5 Å². The lowest BCUT2D eigenvalue weighted by atomic mass is 10.1. The first-order valence-corrected chi connectivity index (χ1v) is 10.1. The Kier molecular flexibility index (Phi) is 4.80. The van der Waals surface area contributed by atoms with Crippen molar-refractivity contribution in [2.24, 2.45) is 0 Å². The van der Waals surface area contributed by atoms with Gasteiger partial charge in [0.15, 0.2) is 0 Å². The summed E-state index contributed by atoms with van der Waals surface area (Å²) in [6.45, 7) is 0.681. The van der Waals surface area contributed by atoms with Crippen molar-refractivity contribution in [2.45, 2.75) is 6.42 Å². The summed E-state index contributed by atoms with van der Waals surface area (Å²) >= 11 is 0. The first-order chi connectivity index (χ1) is 15.2. The average Bonchev–Trinajstić information content (AvgIpc) is 3.48. The molecule has 1 aliphatic heterocycles. The lowest BCUT2D eigenvalue weighted by Crippen LogP contribution is -2.28. The van der Waals surface area contributed by atoms with Crippen molar-refractivity contribution in [3.8, 4) is 11.3 Å². The van der Waals surface area contributed by atoms with Gasteiger partial charge in [-0.2, -0.15) is 5.10 Å². The van der Waals surface area contributed by atoms with Crippen LogP contribution in [0.5, 0.6) is 0 Å². The minimum Gasteiger partial charge on any atom is -0.321 e. The summed E-state index contributed by atoms with van der Waals surface area (Å²) < 4.78 is 0. The van der Waals surface area contributed by atoms with Crippen molar-refractivity contribution in [1.29, 1.82) is 0 Å². The van der Waals surface area contributed by atoms with E-state index in [4.69, 9.17) is 0 Å². The summed E-state index contributed by atoms with van der Waals surface area (Å²) in [5.41, 5.74) is 5.36. The molecule has 2 heterocycles. The second-order valence-electron chi connectivity index (χ2n) is 7.40. The van der Waals surface area contributed by atoms with E-state index in [0.717, 1.165) is 17.7 Å². The second kappa shape index (κ2) is 7.91. The van der Waals surface area contributed by atoms with Gasteiger partial charge in [0, 0.05) is 29.0 Å². The molecule has 0 spiro atoms. The number of H-pyrrole nitrogens is 1. The molecule has 3 aromatic carbocycles. The molecule has 1 aliphatic rings. The number of nitrogens with one attached hydrogen (secondary N) is 2. The predicted molar refractivity (Wildman–Crippen MR) is 120 cm³/mol. The number of rotatable bonds is 4. The molecule has 0 atom stereocenters. The second-order valence-corrected chi connectivity index (χ2v) is 7.40. The van der Waals surface area contributed by atoms with E-state index < -0.39 is 0 Å². The number of para-hydroxylation sites is 1. The zero-order valence-corrected chi connectivity index (χ0v) is 16.7. The van der Waals surface area contributed by atoms with Crippen LogP contribution in [0.25, 0.3) is 11.3 Å². The van der Waals surface area contributed by atoms with Crippen molar-refractivity contribution >= 4 is 23.2 Å². The number of hydrogen-bond donors (Lipinski definition) is 2. The van der Waals surface area contributed by atoms with Gasteiger partial charge in [-0.25, -0.2) is 0 Å². The molecule has 2 amide bonds. The quantitative estimate of drug-likeness (QED) is 0.521. The van der Waals surface area contributed by atoms with Crippen LogP contribution in [-0.2, 0) is 6.42 Å². The molecule has 0 unspecified atom stereocenters. The first kappa shape index (κ1) is 18.8. The molecule has 0 saturated heterocycles. The van der Waals surface area contributed by atoms with Gasteiger partial charge in [-0.15, -0.1) is 0 Å². The maximum absolute atomic E-state index is 12.9. The van der Waals surface area contributed by atoms with Gasteiger partial charge in [0.25, 0.3) is 11.8 Å². The standard InChI is InChI=1S/C25H20N4O2/c30-24(22-16-21(27-28-22)17-6-2-1-3-7-17)26-20-12-10-19(11-13-20)25(31)29-15-14-18-8-4-5-9-23(18)29/h1-13,16H,14-15H2,(H,26,30)(H,27,28). The van der Waals surface area contributed by atoms with E-state index in [2.05, 4.69) is 21.6 Å². The zero-order valence-electron chi connectivity index (χ0n) is 16.7. The summed E-state index contributed by atoms with van der Waals surface area (Å²) in [7, 11) is 0. The Morgan fingerprint density at radius 3 is 2.45 bits per heavy atom. The summed E-state index contributed by atoms with van der Waals surface area (Å²) in [5, 5.41) is 9.83. The summed E-state index contributed by atoms with van der Waals surface area (Å²) in [4.78, 5) is 27.3. The Morgan fingerprint density at radius 2 is 1.65 bits per heavy atom. The van der Waals surface area contributed by atoms with E-state index >= 15 is 0 Å². The molecule has 31 heavy (non-hydrogen) atoms. The Hall–Kier alpha value is -4.19. The summed E-state index contributed by atoms with van der Waals surface area (Å²) in [6.07, 6.45) is 0.866. The lowest BCUT2D eigenvalue weighted by molar-refractivity contribution is 0.0988. The molecule has 6 nitrogen and oxygen atoms in total. The van der Waals surface area contributed by atoms with Gasteiger partial charge in [-0.3, -0.25) is 14.7 Å². The molecule has 0 bridgehead atoms. The molecule has 0 radical (unpaired) electrons. The molecule has 4 aromatic rings. The number of aromatic amines is 1. The van der Waals surface area contributed by atoms with Gasteiger partial charge >= 0.3 is 0 Å². The van der Waals surface area contributed by atoms with Crippen LogP contribution in [0.4, 0.5) is 11.4 Å². The highest BCUT2D eigenvalue weighted by atomic mass is 16.2. The number of nitrogens with zero attached hydrogens (tertiary/aromatic N) is 2. The third-order valence-corrected chi connectivity index (χ3v) is 5.41. The van der Waals surface area contributed by atoms with Crippen LogP contribution in [0.2, 0.25) is 0 Å². The molecule has 0 aliphatic carbocycles. The van der Waals surface area contributed by atoms with Crippen LogP contribution in [0.3, 0.4) is 0 Å². The van der Waals surface area contributed by atoms with Crippen LogP contribution in [-0.4, -0.2) is 28.6 Å². The number of amides is 2. The van der Waals surface area contributed by atoms with Crippen LogP contribution < -0.4 is 10.2 Å². The smallest absolute Gasteiger partial charge is 0.273 e. The Labute approximate surface area is 179 Å². The van der Waals surface area contributed by atoms with Crippen LogP contribution >= 0.6 is 0 Å². The number of aromatic nitrogens is 2. The van der Waals surface area contributed by atoms with Gasteiger partial charge in [-0.1, -0.05) is 48.5 Å². The Morgan fingerprint density at radius 1 is 0.903 bits per heavy atom. The highest BCUT2D eigenvalue weighted by molar-refractivity contribution is 6.08. The molecule has 2 N–H and O–H groups in total. The highest BCUT2D eigenvalue weighted by Gasteiger charge is 2.25. The molecule has 5 rings (SSSR count). The van der Waals surface area contributed by atoms with Crippen LogP contribution in [0.15, 0.2) is 84.9 Å². The Bertz CT molecular complexity index is 1250. The summed E-state index contributed by atoms with van der Waals surface area (Å²) in [6, 6.07) is 26.3. The van der Waals surface area contributed by atoms with E-state index in [1.165, 1.54) is 5.56 Å². The average molecular weight is 408 g/mol. The van der Waals surface area contributed by atoms with Crippen molar-refractivity contribution in [2.75, 3.05) is 16.8 Å². The van der Waals surface area contributed by atoms with E-state index in [1.54, 1.807) is 35.2 Å². The van der Waals surface area contributed by atoms with Gasteiger partial charge in [0.1, 0.15) is 5.69 Å². The number of benzene rings is 3. The van der Waals surface area contributed by atoms with Crippen molar-refractivity contribution in [3.63, 3.8) is 0 Å². The Balaban J connectivity index is 1.27. The van der Waals surface area contributed by atoms with Gasteiger partial charge < -0.3 is 10.2 Å². The maximum Gasteiger partial charge on any atom is 0.273 e. The molecular weight excluding hydrogens is 388 g/mol. The van der Waals surface area contributed by atoms with Gasteiger partial charge in [0.2, 0.25) is 0 Å². The van der Waals surface area contributed by atoms with E-state index in [0.29, 0.717) is 29.2 Å². The largest absolute Gasteiger partial charge is 0.321 e. The number of carbonyl (C=O) groups is 2. The van der Waals surface area contributed by atoms with Crippen molar-refractivity contribution in [1.82, 2.24) is 10.2 Å². The van der Waals surface area contributed by atoms with Crippen molar-refractivity contribution < 1.29 is 9.59 Å². The topological polar surface area (TPSA) is 78.1 Å². The molecular formula is C25H20N4O2. The minimum absolute atomic E-state index is 0.0381. The fraction of sp³-hybridized carbons (Fsp3) is 0.0800. The third-order valence-electron chi connectivity index (χ3n) is 5.41. The number of fused-ring (bicyclic) bond motifs is 1. The van der Waals surface area contributed by atoms with Gasteiger partial charge in [0.05, 0.1) is 5.69 Å². The molecule has 6 heteroatoms. The van der Waals surface area contributed by atoms with Crippen molar-refractivity contribution in [3.05, 3.63) is 102 Å².